The van der Waals surface area contributed by atoms with Gasteiger partial charge < -0.3 is 9.64 Å². The Morgan fingerprint density at radius 3 is 2.76 bits per heavy atom. The summed E-state index contributed by atoms with van der Waals surface area (Å²) in [5.74, 6) is 3.57. The average molecular weight is 463 g/mol. The number of amides is 1. The van der Waals surface area contributed by atoms with Crippen LogP contribution in [0.25, 0.3) is 16.9 Å². The summed E-state index contributed by atoms with van der Waals surface area (Å²) >= 11 is 0. The zero-order chi connectivity index (χ0) is 24.2. The van der Waals surface area contributed by atoms with Gasteiger partial charge in [-0.15, -0.1) is 0 Å². The molecule has 3 aromatic rings. The second-order valence-corrected chi connectivity index (χ2v) is 8.42. The van der Waals surface area contributed by atoms with E-state index in [0.29, 0.717) is 29.0 Å². The number of hydrogen-bond donors (Lipinski definition) is 0. The molecular formula is C26H27FN4O3. The van der Waals surface area contributed by atoms with Crippen LogP contribution in [-0.4, -0.2) is 51.1 Å². The monoisotopic (exact) mass is 462 g/mol. The number of carbonyl (C=O) groups is 2. The summed E-state index contributed by atoms with van der Waals surface area (Å²) in [5, 5.41) is 4.55. The van der Waals surface area contributed by atoms with Gasteiger partial charge in [0.25, 0.3) is 5.91 Å². The number of hydrogen-bond acceptors (Lipinski definition) is 5. The van der Waals surface area contributed by atoms with Crippen molar-refractivity contribution in [2.24, 2.45) is 0 Å². The van der Waals surface area contributed by atoms with Crippen LogP contribution in [0.15, 0.2) is 30.3 Å². The fraction of sp³-hybridized carbons (Fsp3) is 0.385. The second kappa shape index (κ2) is 10.0. The van der Waals surface area contributed by atoms with Gasteiger partial charge in [-0.3, -0.25) is 4.79 Å². The van der Waals surface area contributed by atoms with E-state index in [9.17, 15) is 14.0 Å². The van der Waals surface area contributed by atoms with E-state index in [4.69, 9.17) is 0 Å². The number of carbonyl (C=O) groups excluding carboxylic acids is 2. The van der Waals surface area contributed by atoms with Crippen LogP contribution < -0.4 is 0 Å². The SMILES string of the molecule is CCc1cc(C(=O)N2CCCCC[C@H]2C)nc2cc(-c3ccc(C#CC(=O)OC)cc3F)nn12. The summed E-state index contributed by atoms with van der Waals surface area (Å²) in [6.07, 6.45) is 4.88. The fourth-order valence-corrected chi connectivity index (χ4v) is 4.23. The number of ether oxygens (including phenoxy) is 1. The molecule has 1 aromatic carbocycles. The Balaban J connectivity index is 1.69. The van der Waals surface area contributed by atoms with Crippen molar-refractivity contribution in [3.8, 4) is 23.1 Å². The number of aryl methyl sites for hydroxylation is 1. The van der Waals surface area contributed by atoms with Crippen molar-refractivity contribution in [3.05, 3.63) is 53.1 Å². The molecule has 1 amide bonds. The first kappa shape index (κ1) is 23.4. The van der Waals surface area contributed by atoms with Gasteiger partial charge in [0.15, 0.2) is 5.65 Å². The van der Waals surface area contributed by atoms with Gasteiger partial charge in [0, 0.05) is 41.4 Å². The first-order valence-electron chi connectivity index (χ1n) is 11.5. The maximum atomic E-state index is 14.9. The van der Waals surface area contributed by atoms with Crippen molar-refractivity contribution < 1.29 is 18.7 Å². The molecule has 7 nitrogen and oxygen atoms in total. The van der Waals surface area contributed by atoms with Crippen LogP contribution in [0.5, 0.6) is 0 Å². The van der Waals surface area contributed by atoms with Crippen molar-refractivity contribution >= 4 is 17.5 Å². The van der Waals surface area contributed by atoms with Crippen molar-refractivity contribution in [3.63, 3.8) is 0 Å². The quantitative estimate of drug-likeness (QED) is 0.434. The van der Waals surface area contributed by atoms with E-state index in [-0.39, 0.29) is 17.5 Å². The summed E-state index contributed by atoms with van der Waals surface area (Å²) in [4.78, 5) is 31.0. The Labute approximate surface area is 197 Å². The summed E-state index contributed by atoms with van der Waals surface area (Å²) in [5.41, 5.74) is 2.74. The minimum absolute atomic E-state index is 0.0749. The Morgan fingerprint density at radius 1 is 1.21 bits per heavy atom. The molecule has 1 atom stereocenters. The van der Waals surface area contributed by atoms with Crippen molar-refractivity contribution in [1.82, 2.24) is 19.5 Å². The topological polar surface area (TPSA) is 76.8 Å². The van der Waals surface area contributed by atoms with Crippen molar-refractivity contribution in [2.45, 2.75) is 52.0 Å². The van der Waals surface area contributed by atoms with Crippen molar-refractivity contribution in [2.75, 3.05) is 13.7 Å². The van der Waals surface area contributed by atoms with Gasteiger partial charge in [0.1, 0.15) is 11.5 Å². The Morgan fingerprint density at radius 2 is 2.03 bits per heavy atom. The van der Waals surface area contributed by atoms with E-state index in [1.165, 1.54) is 13.2 Å². The van der Waals surface area contributed by atoms with Crippen LogP contribution >= 0.6 is 0 Å². The van der Waals surface area contributed by atoms with Gasteiger partial charge in [-0.2, -0.15) is 5.10 Å². The first-order valence-corrected chi connectivity index (χ1v) is 11.5. The number of esters is 1. The molecule has 34 heavy (non-hydrogen) atoms. The molecule has 8 heteroatoms. The Kier molecular flexibility index (Phi) is 6.92. The molecule has 0 spiro atoms. The lowest BCUT2D eigenvalue weighted by Gasteiger charge is -2.27. The smallest absolute Gasteiger partial charge is 0.384 e. The number of halogens is 1. The van der Waals surface area contributed by atoms with E-state index in [1.807, 2.05) is 11.8 Å². The van der Waals surface area contributed by atoms with E-state index in [0.717, 1.165) is 37.9 Å². The number of fused-ring (bicyclic) bond motifs is 1. The molecule has 1 fully saturated rings. The summed E-state index contributed by atoms with van der Waals surface area (Å²) in [6, 6.07) is 8.07. The lowest BCUT2D eigenvalue weighted by Crippen LogP contribution is -2.38. The Bertz CT molecular complexity index is 1300. The van der Waals surface area contributed by atoms with Crippen LogP contribution in [0.3, 0.4) is 0 Å². The molecule has 3 heterocycles. The molecule has 0 unspecified atom stereocenters. The van der Waals surface area contributed by atoms with Crippen LogP contribution in [0, 0.1) is 17.7 Å². The molecule has 4 rings (SSSR count). The number of aromatic nitrogens is 3. The summed E-state index contributed by atoms with van der Waals surface area (Å²) in [7, 11) is 1.23. The zero-order valence-corrected chi connectivity index (χ0v) is 19.6. The Hall–Kier alpha value is -3.73. The van der Waals surface area contributed by atoms with Gasteiger partial charge in [0.05, 0.1) is 12.8 Å². The maximum Gasteiger partial charge on any atom is 0.384 e. The number of nitrogens with zero attached hydrogens (tertiary/aromatic N) is 4. The summed E-state index contributed by atoms with van der Waals surface area (Å²) in [6.45, 7) is 4.80. The van der Waals surface area contributed by atoms with Crippen LogP contribution in [0.2, 0.25) is 0 Å². The fourth-order valence-electron chi connectivity index (χ4n) is 4.23. The molecule has 1 aliphatic heterocycles. The van der Waals surface area contributed by atoms with Crippen molar-refractivity contribution in [1.29, 1.82) is 0 Å². The molecule has 0 aliphatic carbocycles. The molecule has 1 saturated heterocycles. The lowest BCUT2D eigenvalue weighted by atomic mass is 10.1. The van der Waals surface area contributed by atoms with Crippen LogP contribution in [0.1, 0.15) is 61.3 Å². The third kappa shape index (κ3) is 4.79. The molecule has 176 valence electrons. The zero-order valence-electron chi connectivity index (χ0n) is 19.6. The largest absolute Gasteiger partial charge is 0.459 e. The highest BCUT2D eigenvalue weighted by Crippen LogP contribution is 2.25. The van der Waals surface area contributed by atoms with Crippen LogP contribution in [-0.2, 0) is 16.0 Å². The third-order valence-corrected chi connectivity index (χ3v) is 6.14. The molecule has 0 radical (unpaired) electrons. The van der Waals surface area contributed by atoms with E-state index in [2.05, 4.69) is 33.6 Å². The minimum Gasteiger partial charge on any atom is -0.459 e. The number of likely N-dealkylation sites (tertiary alicyclic amines) is 1. The third-order valence-electron chi connectivity index (χ3n) is 6.14. The van der Waals surface area contributed by atoms with Gasteiger partial charge >= 0.3 is 5.97 Å². The molecule has 2 aromatic heterocycles. The highest BCUT2D eigenvalue weighted by atomic mass is 19.1. The lowest BCUT2D eigenvalue weighted by molar-refractivity contribution is -0.133. The second-order valence-electron chi connectivity index (χ2n) is 8.42. The average Bonchev–Trinajstić information content (AvgIpc) is 3.15. The van der Waals surface area contributed by atoms with E-state index < -0.39 is 11.8 Å². The predicted octanol–water partition coefficient (Wildman–Crippen LogP) is 4.03. The highest BCUT2D eigenvalue weighted by Gasteiger charge is 2.25. The van der Waals surface area contributed by atoms with Crippen LogP contribution in [0.4, 0.5) is 4.39 Å². The molecule has 1 aliphatic rings. The van der Waals surface area contributed by atoms with E-state index >= 15 is 0 Å². The molecule has 0 saturated carbocycles. The number of rotatable bonds is 3. The number of benzene rings is 1. The van der Waals surface area contributed by atoms with Gasteiger partial charge in [0.2, 0.25) is 0 Å². The van der Waals surface area contributed by atoms with Gasteiger partial charge in [-0.05, 0) is 50.5 Å². The standard InChI is InChI=1S/C26H27FN4O3/c1-4-19-15-23(26(33)30-13-7-5-6-8-17(30)2)28-24-16-22(29-31(19)24)20-11-9-18(14-21(20)27)10-12-25(32)34-3/h9,11,14-17H,4-8,13H2,1-3H3/t17-/m1/s1. The minimum atomic E-state index is -0.692. The number of methoxy groups -OCH3 is 1. The maximum absolute atomic E-state index is 14.9. The predicted molar refractivity (Wildman–Crippen MR) is 126 cm³/mol. The highest BCUT2D eigenvalue weighted by molar-refractivity contribution is 5.93. The first-order chi connectivity index (χ1) is 16.4. The van der Waals surface area contributed by atoms with E-state index in [1.54, 1.807) is 28.8 Å². The molecular weight excluding hydrogens is 435 g/mol. The van der Waals surface area contributed by atoms with Gasteiger partial charge in [-0.25, -0.2) is 18.7 Å². The van der Waals surface area contributed by atoms with Gasteiger partial charge in [-0.1, -0.05) is 25.7 Å². The normalized spacial score (nSPS) is 16.0. The molecule has 0 N–H and O–H groups in total. The summed E-state index contributed by atoms with van der Waals surface area (Å²) < 4.78 is 21.0. The molecule has 0 bridgehead atoms.